The molecular formula is C20H24ClN2O2+. The van der Waals surface area contributed by atoms with Gasteiger partial charge in [-0.1, -0.05) is 41.9 Å². The molecule has 0 spiro atoms. The second-order valence-electron chi connectivity index (χ2n) is 6.51. The van der Waals surface area contributed by atoms with Gasteiger partial charge in [-0.2, -0.15) is 0 Å². The van der Waals surface area contributed by atoms with Gasteiger partial charge in [0.05, 0.1) is 13.2 Å². The molecule has 2 aromatic rings. The first-order valence-electron chi connectivity index (χ1n) is 8.61. The van der Waals surface area contributed by atoms with Crippen LogP contribution in [0.4, 0.5) is 5.69 Å². The minimum absolute atomic E-state index is 0.0108. The molecular weight excluding hydrogens is 336 g/mol. The fourth-order valence-electron chi connectivity index (χ4n) is 3.36. The van der Waals surface area contributed by atoms with Crippen LogP contribution in [0, 0.1) is 13.8 Å². The van der Waals surface area contributed by atoms with Crippen molar-refractivity contribution in [3.63, 3.8) is 0 Å². The fraction of sp³-hybridized carbons (Fsp3) is 0.350. The van der Waals surface area contributed by atoms with Gasteiger partial charge >= 0.3 is 0 Å². The van der Waals surface area contributed by atoms with Crippen molar-refractivity contribution in [3.8, 4) is 0 Å². The van der Waals surface area contributed by atoms with Gasteiger partial charge in [0.15, 0.2) is 6.04 Å². The van der Waals surface area contributed by atoms with Crippen molar-refractivity contribution >= 4 is 23.2 Å². The SMILES string of the molecule is Cc1cccc(C)c1NC(=O)[C@@H](c1ccc(Cl)cc1)[NH+]1CCOCC1. The van der Waals surface area contributed by atoms with Crippen molar-refractivity contribution in [2.75, 3.05) is 31.6 Å². The van der Waals surface area contributed by atoms with Crippen molar-refractivity contribution < 1.29 is 14.4 Å². The van der Waals surface area contributed by atoms with E-state index in [1.807, 2.05) is 56.3 Å². The van der Waals surface area contributed by atoms with Crippen LogP contribution in [0.3, 0.4) is 0 Å². The molecule has 2 aromatic carbocycles. The Morgan fingerprint density at radius 3 is 2.28 bits per heavy atom. The van der Waals surface area contributed by atoms with Crippen LogP contribution in [0.1, 0.15) is 22.7 Å². The zero-order valence-corrected chi connectivity index (χ0v) is 15.4. The lowest BCUT2D eigenvalue weighted by Gasteiger charge is -2.31. The minimum Gasteiger partial charge on any atom is -0.370 e. The maximum absolute atomic E-state index is 13.2. The molecule has 0 aromatic heterocycles. The van der Waals surface area contributed by atoms with Gasteiger partial charge in [-0.25, -0.2) is 0 Å². The number of anilines is 1. The van der Waals surface area contributed by atoms with E-state index in [2.05, 4.69) is 5.32 Å². The van der Waals surface area contributed by atoms with Gasteiger partial charge in [-0.15, -0.1) is 0 Å². The summed E-state index contributed by atoms with van der Waals surface area (Å²) < 4.78 is 5.47. The second-order valence-corrected chi connectivity index (χ2v) is 6.95. The van der Waals surface area contributed by atoms with Crippen molar-refractivity contribution in [1.82, 2.24) is 0 Å². The molecule has 1 amide bonds. The van der Waals surface area contributed by atoms with Crippen LogP contribution in [0.5, 0.6) is 0 Å². The molecule has 132 valence electrons. The number of ether oxygens (including phenoxy) is 1. The molecule has 1 atom stereocenters. The molecule has 1 saturated heterocycles. The summed E-state index contributed by atoms with van der Waals surface area (Å²) in [5.41, 5.74) is 4.02. The molecule has 1 heterocycles. The maximum atomic E-state index is 13.2. The van der Waals surface area contributed by atoms with Gasteiger partial charge in [0.1, 0.15) is 13.1 Å². The lowest BCUT2D eigenvalue weighted by Crippen LogP contribution is -3.15. The largest absolute Gasteiger partial charge is 0.370 e. The number of nitrogens with one attached hydrogen (secondary N) is 2. The summed E-state index contributed by atoms with van der Waals surface area (Å²) in [6.45, 7) is 7.01. The summed E-state index contributed by atoms with van der Waals surface area (Å²) in [5, 5.41) is 3.83. The minimum atomic E-state index is -0.278. The smallest absolute Gasteiger partial charge is 0.287 e. The van der Waals surface area contributed by atoms with Crippen LogP contribution in [-0.2, 0) is 9.53 Å². The van der Waals surface area contributed by atoms with Crippen LogP contribution in [0.15, 0.2) is 42.5 Å². The van der Waals surface area contributed by atoms with E-state index in [1.165, 1.54) is 4.90 Å². The first-order chi connectivity index (χ1) is 12.1. The quantitative estimate of drug-likeness (QED) is 0.881. The predicted octanol–water partition coefficient (Wildman–Crippen LogP) is 2.55. The van der Waals surface area contributed by atoms with Crippen molar-refractivity contribution in [1.29, 1.82) is 0 Å². The van der Waals surface area contributed by atoms with Crippen LogP contribution in [-0.4, -0.2) is 32.2 Å². The Hall–Kier alpha value is -1.88. The molecule has 3 rings (SSSR count). The number of amides is 1. The van der Waals surface area contributed by atoms with Crippen molar-refractivity contribution in [3.05, 3.63) is 64.2 Å². The summed E-state index contributed by atoms with van der Waals surface area (Å²) in [5.74, 6) is 0.0108. The van der Waals surface area contributed by atoms with Gasteiger partial charge in [-0.05, 0) is 37.1 Å². The van der Waals surface area contributed by atoms with Crippen molar-refractivity contribution in [2.45, 2.75) is 19.9 Å². The van der Waals surface area contributed by atoms with Gasteiger partial charge in [-0.3, -0.25) is 4.79 Å². The topological polar surface area (TPSA) is 42.8 Å². The number of aryl methyl sites for hydroxylation is 2. The highest BCUT2D eigenvalue weighted by atomic mass is 35.5. The summed E-state index contributed by atoms with van der Waals surface area (Å²) >= 11 is 6.03. The van der Waals surface area contributed by atoms with Crippen molar-refractivity contribution in [2.24, 2.45) is 0 Å². The lowest BCUT2D eigenvalue weighted by molar-refractivity contribution is -0.929. The van der Waals surface area contributed by atoms with Gasteiger partial charge in [0.25, 0.3) is 5.91 Å². The molecule has 1 aliphatic rings. The van der Waals surface area contributed by atoms with E-state index in [-0.39, 0.29) is 11.9 Å². The van der Waals surface area contributed by atoms with Gasteiger partial charge in [0, 0.05) is 16.3 Å². The number of rotatable bonds is 4. The molecule has 1 fully saturated rings. The van der Waals surface area contributed by atoms with Crippen LogP contribution in [0.2, 0.25) is 5.02 Å². The highest BCUT2D eigenvalue weighted by Crippen LogP contribution is 2.22. The third-order valence-electron chi connectivity index (χ3n) is 4.74. The zero-order valence-electron chi connectivity index (χ0n) is 14.6. The lowest BCUT2D eigenvalue weighted by atomic mass is 10.0. The molecule has 0 bridgehead atoms. The molecule has 4 nitrogen and oxygen atoms in total. The fourth-order valence-corrected chi connectivity index (χ4v) is 3.48. The molecule has 0 radical (unpaired) electrons. The highest BCUT2D eigenvalue weighted by Gasteiger charge is 2.33. The number of carbonyl (C=O) groups excluding carboxylic acids is 1. The van der Waals surface area contributed by atoms with E-state index in [0.29, 0.717) is 18.2 Å². The number of para-hydroxylation sites is 1. The molecule has 25 heavy (non-hydrogen) atoms. The molecule has 0 saturated carbocycles. The summed E-state index contributed by atoms with van der Waals surface area (Å²) in [6.07, 6.45) is 0. The maximum Gasteiger partial charge on any atom is 0.287 e. The van der Waals surface area contributed by atoms with E-state index in [0.717, 1.165) is 35.5 Å². The van der Waals surface area contributed by atoms with Crippen LogP contribution < -0.4 is 10.2 Å². The van der Waals surface area contributed by atoms with E-state index in [4.69, 9.17) is 16.3 Å². The van der Waals surface area contributed by atoms with Gasteiger partial charge < -0.3 is 15.0 Å². The third-order valence-corrected chi connectivity index (χ3v) is 4.99. The zero-order chi connectivity index (χ0) is 17.8. The molecule has 0 unspecified atom stereocenters. The number of halogens is 1. The highest BCUT2D eigenvalue weighted by molar-refractivity contribution is 6.30. The third kappa shape index (κ3) is 4.21. The van der Waals surface area contributed by atoms with E-state index >= 15 is 0 Å². The molecule has 2 N–H and O–H groups in total. The monoisotopic (exact) mass is 359 g/mol. The Labute approximate surface area is 153 Å². The summed E-state index contributed by atoms with van der Waals surface area (Å²) in [7, 11) is 0. The van der Waals surface area contributed by atoms with Crippen LogP contribution in [0.25, 0.3) is 0 Å². The number of hydrogen-bond donors (Lipinski definition) is 2. The normalized spacial score (nSPS) is 16.4. The summed E-state index contributed by atoms with van der Waals surface area (Å²) in [6, 6.07) is 13.3. The molecule has 1 aliphatic heterocycles. The number of benzene rings is 2. The van der Waals surface area contributed by atoms with Crippen LogP contribution >= 0.6 is 11.6 Å². The molecule has 5 heteroatoms. The van der Waals surface area contributed by atoms with Gasteiger partial charge in [0.2, 0.25) is 0 Å². The first kappa shape index (κ1) is 17.9. The Kier molecular flexibility index (Phi) is 5.74. The number of hydrogen-bond acceptors (Lipinski definition) is 2. The van der Waals surface area contributed by atoms with E-state index in [9.17, 15) is 4.79 Å². The summed E-state index contributed by atoms with van der Waals surface area (Å²) in [4.78, 5) is 14.4. The standard InChI is InChI=1S/C20H23ClN2O2/c1-14-4-3-5-15(2)18(14)22-20(24)19(23-10-12-25-13-11-23)16-6-8-17(21)9-7-16/h3-9,19H,10-13H2,1-2H3,(H,22,24)/p+1/t19-/m1/s1. The van der Waals surface area contributed by atoms with E-state index in [1.54, 1.807) is 0 Å². The first-order valence-corrected chi connectivity index (χ1v) is 8.99. The Morgan fingerprint density at radius 1 is 1.08 bits per heavy atom. The average Bonchev–Trinajstić information content (AvgIpc) is 2.61. The Morgan fingerprint density at radius 2 is 1.68 bits per heavy atom. The number of morpholine rings is 1. The second kappa shape index (κ2) is 8.00. The predicted molar refractivity (Wildman–Crippen MR) is 100 cm³/mol. The molecule has 0 aliphatic carbocycles. The average molecular weight is 360 g/mol. The number of carbonyl (C=O) groups is 1. The Bertz CT molecular complexity index is 720. The number of quaternary nitrogens is 1. The van der Waals surface area contributed by atoms with E-state index < -0.39 is 0 Å². The Balaban J connectivity index is 1.90.